The molecule has 0 aromatic carbocycles. The average molecular weight is 394 g/mol. The Labute approximate surface area is 164 Å². The number of oxazole rings is 1. The van der Waals surface area contributed by atoms with Crippen LogP contribution in [0.1, 0.15) is 16.1 Å². The van der Waals surface area contributed by atoms with Gasteiger partial charge in [0.1, 0.15) is 29.1 Å². The fraction of sp³-hybridized carbons (Fsp3) is 0.167. The largest absolute Gasteiger partial charge is 0.431 e. The number of fused-ring (bicyclic) bond motifs is 1. The summed E-state index contributed by atoms with van der Waals surface area (Å²) >= 11 is 0. The lowest BCUT2D eigenvalue weighted by molar-refractivity contribution is 0.0964. The molecule has 0 saturated heterocycles. The van der Waals surface area contributed by atoms with Crippen LogP contribution in [-0.2, 0) is 0 Å². The Morgan fingerprint density at radius 2 is 2.07 bits per heavy atom. The van der Waals surface area contributed by atoms with Crippen molar-refractivity contribution in [2.45, 2.75) is 6.92 Å². The Balaban J connectivity index is 1.78. The van der Waals surface area contributed by atoms with E-state index in [1.54, 1.807) is 38.4 Å². The Hall–Kier alpha value is -4.15. The van der Waals surface area contributed by atoms with Crippen LogP contribution in [0.3, 0.4) is 0 Å². The molecule has 0 fully saturated rings. The van der Waals surface area contributed by atoms with Crippen molar-refractivity contribution in [3.05, 3.63) is 58.5 Å². The number of carbonyl (C=O) groups is 1. The number of hydrogen-bond acceptors (Lipinski definition) is 8. The third-order valence-electron chi connectivity index (χ3n) is 4.22. The molecular formula is C18H18N8O3. The minimum Gasteiger partial charge on any atom is -0.431 e. The van der Waals surface area contributed by atoms with Crippen LogP contribution in [0, 0.1) is 6.92 Å². The smallest absolute Gasteiger partial charge is 0.308 e. The van der Waals surface area contributed by atoms with Crippen molar-refractivity contribution in [2.24, 2.45) is 0 Å². The van der Waals surface area contributed by atoms with Gasteiger partial charge in [-0.05, 0) is 19.1 Å². The van der Waals surface area contributed by atoms with Crippen LogP contribution in [-0.4, -0.2) is 44.2 Å². The number of pyridine rings is 1. The molecule has 0 unspecified atom stereocenters. The molecule has 4 aromatic rings. The fourth-order valence-electron chi connectivity index (χ4n) is 2.83. The Bertz CT molecular complexity index is 1270. The molecule has 4 rings (SSSR count). The molecule has 0 aliphatic carbocycles. The number of aryl methyl sites for hydroxylation is 1. The molecule has 0 saturated carbocycles. The Morgan fingerprint density at radius 1 is 1.24 bits per heavy atom. The molecule has 0 aliphatic heterocycles. The highest BCUT2D eigenvalue weighted by Crippen LogP contribution is 2.21. The zero-order chi connectivity index (χ0) is 20.5. The van der Waals surface area contributed by atoms with E-state index in [2.05, 4.69) is 31.0 Å². The van der Waals surface area contributed by atoms with Crippen molar-refractivity contribution in [3.8, 4) is 6.01 Å². The van der Waals surface area contributed by atoms with Gasteiger partial charge in [-0.15, -0.1) is 0 Å². The molecule has 3 N–H and O–H groups in total. The molecule has 1 amide bonds. The van der Waals surface area contributed by atoms with E-state index in [0.29, 0.717) is 28.5 Å². The molecule has 0 spiro atoms. The summed E-state index contributed by atoms with van der Waals surface area (Å²) in [6, 6.07) is 5.17. The second-order valence-corrected chi connectivity index (χ2v) is 6.14. The van der Waals surface area contributed by atoms with E-state index in [9.17, 15) is 9.59 Å². The standard InChI is InChI=1S/C18H18N8O3/c1-10-9-29-18(22-10)25-6-4-5-12(17(25)28)23-13-7-14(19-2)26-15(24-13)11(8-21-26)16(27)20-3/h4-9,19H,1-3H3,(H,20,27)(H,23,24). The fourth-order valence-corrected chi connectivity index (χ4v) is 2.83. The molecule has 148 valence electrons. The molecule has 11 heteroatoms. The van der Waals surface area contributed by atoms with E-state index in [0.717, 1.165) is 0 Å². The zero-order valence-electron chi connectivity index (χ0n) is 15.9. The van der Waals surface area contributed by atoms with Gasteiger partial charge in [-0.1, -0.05) is 0 Å². The third kappa shape index (κ3) is 3.18. The van der Waals surface area contributed by atoms with Crippen LogP contribution >= 0.6 is 0 Å². The van der Waals surface area contributed by atoms with Gasteiger partial charge in [0, 0.05) is 26.4 Å². The monoisotopic (exact) mass is 394 g/mol. The van der Waals surface area contributed by atoms with E-state index in [4.69, 9.17) is 4.42 Å². The normalized spacial score (nSPS) is 10.9. The lowest BCUT2D eigenvalue weighted by Crippen LogP contribution is -2.21. The molecule has 0 atom stereocenters. The molecule has 4 heterocycles. The number of hydrogen-bond donors (Lipinski definition) is 3. The van der Waals surface area contributed by atoms with Crippen molar-refractivity contribution in [2.75, 3.05) is 24.7 Å². The van der Waals surface area contributed by atoms with E-state index in [1.165, 1.54) is 28.6 Å². The quantitative estimate of drug-likeness (QED) is 0.462. The number of carbonyl (C=O) groups excluding carboxylic acids is 1. The summed E-state index contributed by atoms with van der Waals surface area (Å²) in [5.41, 5.74) is 1.23. The molecule has 0 aliphatic rings. The van der Waals surface area contributed by atoms with E-state index < -0.39 is 0 Å². The van der Waals surface area contributed by atoms with E-state index in [-0.39, 0.29) is 23.2 Å². The number of aromatic nitrogens is 5. The van der Waals surface area contributed by atoms with E-state index in [1.807, 2.05) is 0 Å². The first-order valence-corrected chi connectivity index (χ1v) is 8.71. The van der Waals surface area contributed by atoms with Crippen LogP contribution < -0.4 is 21.5 Å². The first kappa shape index (κ1) is 18.2. The maximum absolute atomic E-state index is 12.8. The second kappa shape index (κ2) is 7.11. The van der Waals surface area contributed by atoms with Gasteiger partial charge in [-0.25, -0.2) is 9.55 Å². The van der Waals surface area contributed by atoms with Crippen LogP contribution in [0.25, 0.3) is 11.7 Å². The van der Waals surface area contributed by atoms with Crippen molar-refractivity contribution >= 4 is 28.9 Å². The van der Waals surface area contributed by atoms with Gasteiger partial charge in [0.15, 0.2) is 5.65 Å². The lowest BCUT2D eigenvalue weighted by atomic mass is 10.3. The van der Waals surface area contributed by atoms with Crippen LogP contribution in [0.5, 0.6) is 0 Å². The van der Waals surface area contributed by atoms with Gasteiger partial charge < -0.3 is 20.4 Å². The Morgan fingerprint density at radius 3 is 2.76 bits per heavy atom. The average Bonchev–Trinajstić information content (AvgIpc) is 3.34. The third-order valence-corrected chi connectivity index (χ3v) is 4.22. The maximum Gasteiger partial charge on any atom is 0.308 e. The van der Waals surface area contributed by atoms with Crippen molar-refractivity contribution < 1.29 is 9.21 Å². The molecule has 0 radical (unpaired) electrons. The molecule has 0 bridgehead atoms. The topological polar surface area (TPSA) is 131 Å². The summed E-state index contributed by atoms with van der Waals surface area (Å²) < 4.78 is 8.12. The first-order chi connectivity index (χ1) is 14.0. The van der Waals surface area contributed by atoms with Crippen molar-refractivity contribution in [1.29, 1.82) is 0 Å². The number of amides is 1. The SMILES string of the molecule is CNC(=O)c1cnn2c(NC)cc(Nc3cccn(-c4nc(C)co4)c3=O)nc12. The van der Waals surface area contributed by atoms with E-state index >= 15 is 0 Å². The molecule has 11 nitrogen and oxygen atoms in total. The summed E-state index contributed by atoms with van der Waals surface area (Å²) in [6.45, 7) is 1.77. The summed E-state index contributed by atoms with van der Waals surface area (Å²) in [5.74, 6) is 0.645. The second-order valence-electron chi connectivity index (χ2n) is 6.14. The predicted molar refractivity (Wildman–Crippen MR) is 106 cm³/mol. The molecular weight excluding hydrogens is 376 g/mol. The summed E-state index contributed by atoms with van der Waals surface area (Å²) in [7, 11) is 3.25. The lowest BCUT2D eigenvalue weighted by Gasteiger charge is -2.10. The minimum absolute atomic E-state index is 0.174. The maximum atomic E-state index is 12.8. The highest BCUT2D eigenvalue weighted by atomic mass is 16.4. The number of rotatable bonds is 5. The highest BCUT2D eigenvalue weighted by Gasteiger charge is 2.17. The van der Waals surface area contributed by atoms with Gasteiger partial charge >= 0.3 is 6.01 Å². The van der Waals surface area contributed by atoms with Gasteiger partial charge in [0.2, 0.25) is 0 Å². The molecule has 29 heavy (non-hydrogen) atoms. The summed E-state index contributed by atoms with van der Waals surface area (Å²) in [6.07, 6.45) is 4.47. The van der Waals surface area contributed by atoms with Crippen molar-refractivity contribution in [1.82, 2.24) is 29.5 Å². The van der Waals surface area contributed by atoms with Crippen LogP contribution in [0.4, 0.5) is 17.3 Å². The van der Waals surface area contributed by atoms with Gasteiger partial charge in [-0.3, -0.25) is 9.59 Å². The first-order valence-electron chi connectivity index (χ1n) is 8.71. The van der Waals surface area contributed by atoms with Gasteiger partial charge in [0.05, 0.1) is 11.9 Å². The number of nitrogens with zero attached hydrogens (tertiary/aromatic N) is 5. The number of nitrogens with one attached hydrogen (secondary N) is 3. The highest BCUT2D eigenvalue weighted by molar-refractivity contribution is 5.99. The zero-order valence-corrected chi connectivity index (χ0v) is 15.9. The van der Waals surface area contributed by atoms with Gasteiger partial charge in [0.25, 0.3) is 11.5 Å². The van der Waals surface area contributed by atoms with Gasteiger partial charge in [-0.2, -0.15) is 14.6 Å². The minimum atomic E-state index is -0.359. The summed E-state index contributed by atoms with van der Waals surface area (Å²) in [4.78, 5) is 33.6. The summed E-state index contributed by atoms with van der Waals surface area (Å²) in [5, 5.41) is 12.8. The van der Waals surface area contributed by atoms with Crippen LogP contribution in [0.15, 0.2) is 46.1 Å². The molecule has 4 aromatic heterocycles. The Kier molecular flexibility index (Phi) is 4.47. The predicted octanol–water partition coefficient (Wildman–Crippen LogP) is 1.32. The van der Waals surface area contributed by atoms with Crippen molar-refractivity contribution in [3.63, 3.8) is 0 Å². The van der Waals surface area contributed by atoms with Crippen LogP contribution in [0.2, 0.25) is 0 Å². The number of anilines is 3.